The number of halogens is 1. The Labute approximate surface area is 140 Å². The van der Waals surface area contributed by atoms with Crippen molar-refractivity contribution in [1.29, 1.82) is 0 Å². The number of benzene rings is 2. The highest BCUT2D eigenvalue weighted by molar-refractivity contribution is 7.86. The van der Waals surface area contributed by atoms with Crippen LogP contribution in [-0.4, -0.2) is 33.0 Å². The predicted octanol–water partition coefficient (Wildman–Crippen LogP) is 1.96. The van der Waals surface area contributed by atoms with E-state index in [1.54, 1.807) is 6.07 Å². The minimum atomic E-state index is -4.58. The number of rotatable bonds is 3. The van der Waals surface area contributed by atoms with Crippen LogP contribution in [0.1, 0.15) is 0 Å². The minimum absolute atomic E-state index is 0.00682. The zero-order chi connectivity index (χ0) is 17.5. The van der Waals surface area contributed by atoms with Gasteiger partial charge in [-0.3, -0.25) is 4.55 Å². The number of nitrogens with two attached hydrogens (primary N) is 1. The number of hydrogen-bond donors (Lipinski definition) is 4. The number of nitrogens with zero attached hydrogens (tertiary/aromatic N) is 3. The molecule has 5 N–H and O–H groups in total. The molecule has 0 spiro atoms. The van der Waals surface area contributed by atoms with Gasteiger partial charge in [0, 0.05) is 11.1 Å². The van der Waals surface area contributed by atoms with Crippen molar-refractivity contribution in [1.82, 2.24) is 15.0 Å². The van der Waals surface area contributed by atoms with Gasteiger partial charge >= 0.3 is 0 Å². The first-order valence-electron chi connectivity index (χ1n) is 6.40. The van der Waals surface area contributed by atoms with Crippen LogP contribution in [0.5, 0.6) is 5.75 Å². The fourth-order valence-corrected chi connectivity index (χ4v) is 2.91. The Morgan fingerprint density at radius 2 is 1.96 bits per heavy atom. The Morgan fingerprint density at radius 1 is 1.21 bits per heavy atom. The van der Waals surface area contributed by atoms with Crippen molar-refractivity contribution in [3.63, 3.8) is 0 Å². The molecule has 9 nitrogen and oxygen atoms in total. The molecule has 0 fully saturated rings. The van der Waals surface area contributed by atoms with Gasteiger partial charge in [-0.25, -0.2) is 9.97 Å². The normalized spacial score (nSPS) is 11.6. The number of aromatic hydroxyl groups is 1. The summed E-state index contributed by atoms with van der Waals surface area (Å²) in [5.74, 6) is -0.251. The van der Waals surface area contributed by atoms with Gasteiger partial charge in [-0.2, -0.15) is 13.4 Å². The minimum Gasteiger partial charge on any atom is -0.505 e. The standard InChI is InChI=1S/C13H10ClN5O4S/c14-12-16-5-17-13(19-12)18-7-1-2-8-6(3-7)4-9(24(21,22)23)10(15)11(8)20/h1-5,20H,15H2,(H,21,22,23)(H,16,17,18,19). The number of hydrogen-bond acceptors (Lipinski definition) is 8. The van der Waals surface area contributed by atoms with Gasteiger partial charge in [0.1, 0.15) is 17.0 Å². The molecule has 0 saturated heterocycles. The molecule has 0 radical (unpaired) electrons. The summed E-state index contributed by atoms with van der Waals surface area (Å²) in [7, 11) is -4.58. The van der Waals surface area contributed by atoms with Gasteiger partial charge in [-0.1, -0.05) is 0 Å². The summed E-state index contributed by atoms with van der Waals surface area (Å²) in [5, 5.41) is 13.6. The fourth-order valence-electron chi connectivity index (χ4n) is 2.14. The molecule has 3 rings (SSSR count). The van der Waals surface area contributed by atoms with Gasteiger partial charge in [-0.05, 0) is 41.3 Å². The summed E-state index contributed by atoms with van der Waals surface area (Å²) < 4.78 is 32.0. The Kier molecular flexibility index (Phi) is 3.87. The molecule has 0 atom stereocenters. The van der Waals surface area contributed by atoms with Crippen LogP contribution >= 0.6 is 11.6 Å². The number of phenols is 1. The van der Waals surface area contributed by atoms with E-state index in [0.29, 0.717) is 16.5 Å². The van der Waals surface area contributed by atoms with Crippen LogP contribution in [0.3, 0.4) is 0 Å². The van der Waals surface area contributed by atoms with E-state index in [-0.39, 0.29) is 11.2 Å². The van der Waals surface area contributed by atoms with E-state index in [9.17, 15) is 18.1 Å². The van der Waals surface area contributed by atoms with Crippen LogP contribution < -0.4 is 11.1 Å². The van der Waals surface area contributed by atoms with Gasteiger partial charge < -0.3 is 16.2 Å². The Bertz CT molecular complexity index is 1060. The van der Waals surface area contributed by atoms with Gasteiger partial charge in [0.25, 0.3) is 10.1 Å². The van der Waals surface area contributed by atoms with Crippen LogP contribution in [-0.2, 0) is 10.1 Å². The second kappa shape index (κ2) is 5.74. The highest BCUT2D eigenvalue weighted by Crippen LogP contribution is 2.37. The summed E-state index contributed by atoms with van der Waals surface area (Å²) in [6.45, 7) is 0. The molecule has 2 aromatic carbocycles. The SMILES string of the molecule is Nc1c(S(=O)(=O)O)cc2cc(Nc3ncnc(Cl)n3)ccc2c1O. The zero-order valence-corrected chi connectivity index (χ0v) is 13.4. The first kappa shape index (κ1) is 16.2. The second-order valence-corrected chi connectivity index (χ2v) is 6.48. The van der Waals surface area contributed by atoms with E-state index in [0.717, 1.165) is 6.07 Å². The molecule has 0 aliphatic carbocycles. The monoisotopic (exact) mass is 367 g/mol. The topological polar surface area (TPSA) is 151 Å². The lowest BCUT2D eigenvalue weighted by Crippen LogP contribution is -2.04. The van der Waals surface area contributed by atoms with E-state index in [1.165, 1.54) is 18.5 Å². The summed E-state index contributed by atoms with van der Waals surface area (Å²) in [6.07, 6.45) is 1.22. The molecule has 0 amide bonds. The number of fused-ring (bicyclic) bond motifs is 1. The van der Waals surface area contributed by atoms with E-state index < -0.39 is 26.5 Å². The van der Waals surface area contributed by atoms with Crippen LogP contribution in [0.4, 0.5) is 17.3 Å². The molecule has 0 unspecified atom stereocenters. The molecule has 24 heavy (non-hydrogen) atoms. The Hall–Kier alpha value is -2.69. The van der Waals surface area contributed by atoms with E-state index in [1.807, 2.05) is 0 Å². The number of nitrogen functional groups attached to an aromatic ring is 1. The van der Waals surface area contributed by atoms with Gasteiger partial charge in [0.2, 0.25) is 11.2 Å². The first-order chi connectivity index (χ1) is 11.3. The van der Waals surface area contributed by atoms with Crippen LogP contribution in [0.25, 0.3) is 10.8 Å². The lowest BCUT2D eigenvalue weighted by atomic mass is 10.1. The molecule has 1 heterocycles. The van der Waals surface area contributed by atoms with E-state index in [2.05, 4.69) is 20.3 Å². The van der Waals surface area contributed by atoms with Crippen molar-refractivity contribution >= 4 is 49.8 Å². The average molecular weight is 368 g/mol. The molecule has 124 valence electrons. The summed E-state index contributed by atoms with van der Waals surface area (Å²) in [4.78, 5) is 10.8. The van der Waals surface area contributed by atoms with Crippen LogP contribution in [0.2, 0.25) is 5.28 Å². The molecular weight excluding hydrogens is 358 g/mol. The third-order valence-electron chi connectivity index (χ3n) is 3.19. The van der Waals surface area contributed by atoms with Crippen molar-refractivity contribution in [3.05, 3.63) is 35.9 Å². The Morgan fingerprint density at radius 3 is 2.62 bits per heavy atom. The molecule has 0 aliphatic rings. The summed E-state index contributed by atoms with van der Waals surface area (Å²) in [5.41, 5.74) is 5.64. The maximum atomic E-state index is 11.4. The van der Waals surface area contributed by atoms with E-state index >= 15 is 0 Å². The smallest absolute Gasteiger partial charge is 0.296 e. The molecule has 0 bridgehead atoms. The average Bonchev–Trinajstić information content (AvgIpc) is 2.49. The van der Waals surface area contributed by atoms with Crippen molar-refractivity contribution < 1.29 is 18.1 Å². The van der Waals surface area contributed by atoms with Crippen molar-refractivity contribution in [3.8, 4) is 5.75 Å². The lowest BCUT2D eigenvalue weighted by Gasteiger charge is -2.11. The number of anilines is 3. The largest absolute Gasteiger partial charge is 0.505 e. The number of aromatic nitrogens is 3. The number of nitrogens with one attached hydrogen (secondary N) is 1. The third kappa shape index (κ3) is 3.02. The lowest BCUT2D eigenvalue weighted by molar-refractivity contribution is 0.473. The van der Waals surface area contributed by atoms with Crippen molar-refractivity contribution in [2.24, 2.45) is 0 Å². The van der Waals surface area contributed by atoms with Crippen molar-refractivity contribution in [2.45, 2.75) is 4.90 Å². The zero-order valence-electron chi connectivity index (χ0n) is 11.8. The highest BCUT2D eigenvalue weighted by atomic mass is 35.5. The maximum Gasteiger partial charge on any atom is 0.296 e. The molecule has 3 aromatic rings. The van der Waals surface area contributed by atoms with Gasteiger partial charge in [0.05, 0.1) is 5.69 Å². The molecule has 0 aliphatic heterocycles. The Balaban J connectivity index is 2.12. The molecule has 1 aromatic heterocycles. The van der Waals surface area contributed by atoms with Crippen LogP contribution in [0, 0.1) is 0 Å². The van der Waals surface area contributed by atoms with Crippen LogP contribution in [0.15, 0.2) is 35.5 Å². The predicted molar refractivity (Wildman–Crippen MR) is 88.0 cm³/mol. The molecule has 0 saturated carbocycles. The fraction of sp³-hybridized carbons (Fsp3) is 0. The number of phenolic OH excluding ortho intramolecular Hbond substituents is 1. The van der Waals surface area contributed by atoms with Gasteiger partial charge in [-0.15, -0.1) is 0 Å². The second-order valence-electron chi connectivity index (χ2n) is 4.75. The van der Waals surface area contributed by atoms with E-state index in [4.69, 9.17) is 17.3 Å². The first-order valence-corrected chi connectivity index (χ1v) is 8.22. The summed E-state index contributed by atoms with van der Waals surface area (Å²) >= 11 is 5.67. The molecule has 11 heteroatoms. The maximum absolute atomic E-state index is 11.4. The van der Waals surface area contributed by atoms with Crippen molar-refractivity contribution in [2.75, 3.05) is 11.1 Å². The summed E-state index contributed by atoms with van der Waals surface area (Å²) in [6, 6.07) is 5.82. The highest BCUT2D eigenvalue weighted by Gasteiger charge is 2.19. The third-order valence-corrected chi connectivity index (χ3v) is 4.27. The molecular formula is C13H10ClN5O4S. The quantitative estimate of drug-likeness (QED) is 0.309. The van der Waals surface area contributed by atoms with Gasteiger partial charge in [0.15, 0.2) is 0 Å².